The van der Waals surface area contributed by atoms with Crippen molar-refractivity contribution in [3.63, 3.8) is 0 Å². The molecule has 0 radical (unpaired) electrons. The van der Waals surface area contributed by atoms with Crippen LogP contribution in [-0.4, -0.2) is 27.3 Å². The van der Waals surface area contributed by atoms with Crippen molar-refractivity contribution in [2.75, 3.05) is 6.26 Å². The van der Waals surface area contributed by atoms with E-state index in [1.54, 1.807) is 12.1 Å². The van der Waals surface area contributed by atoms with Gasteiger partial charge < -0.3 is 5.11 Å². The summed E-state index contributed by atoms with van der Waals surface area (Å²) >= 11 is 6.17. The summed E-state index contributed by atoms with van der Waals surface area (Å²) in [6, 6.07) is 7.07. The van der Waals surface area contributed by atoms with E-state index in [1.165, 1.54) is 29.9 Å². The molecule has 4 nitrogen and oxygen atoms in total. The van der Waals surface area contributed by atoms with E-state index in [0.29, 0.717) is 4.47 Å². The van der Waals surface area contributed by atoms with Gasteiger partial charge in [0.2, 0.25) is 0 Å². The molecule has 7 heteroatoms. The van der Waals surface area contributed by atoms with Crippen molar-refractivity contribution in [2.24, 2.45) is 0 Å². The molecule has 1 aromatic heterocycles. The summed E-state index contributed by atoms with van der Waals surface area (Å²) in [5, 5.41) is 10.7. The van der Waals surface area contributed by atoms with Crippen LogP contribution in [0.4, 0.5) is 0 Å². The van der Waals surface area contributed by atoms with Crippen LogP contribution in [0.1, 0.15) is 10.4 Å². The number of nitrogens with zero attached hydrogens (tertiary/aromatic N) is 2. The number of hydrogen-bond acceptors (Lipinski definition) is 5. The normalized spacial score (nSPS) is 10.4. The van der Waals surface area contributed by atoms with E-state index in [4.69, 9.17) is 5.11 Å². The average Bonchev–Trinajstić information content (AvgIpc) is 2.41. The molecule has 1 N–H and O–H groups in total. The van der Waals surface area contributed by atoms with Gasteiger partial charge in [-0.25, -0.2) is 14.8 Å². The lowest BCUT2D eigenvalue weighted by atomic mass is 10.2. The quantitative estimate of drug-likeness (QED) is 0.663. The average molecular weight is 357 g/mol. The summed E-state index contributed by atoms with van der Waals surface area (Å²) in [4.78, 5) is 20.1. The molecule has 2 aromatic rings. The topological polar surface area (TPSA) is 63.1 Å². The van der Waals surface area contributed by atoms with Crippen LogP contribution in [0.2, 0.25) is 0 Å². The Morgan fingerprint density at radius 1 is 1.26 bits per heavy atom. The Labute approximate surface area is 127 Å². The number of thioether (sulfide) groups is 1. The Balaban J connectivity index is 2.28. The van der Waals surface area contributed by atoms with Crippen LogP contribution in [0.25, 0.3) is 0 Å². The van der Waals surface area contributed by atoms with Gasteiger partial charge in [-0.1, -0.05) is 11.8 Å². The lowest BCUT2D eigenvalue weighted by Crippen LogP contribution is -1.97. The largest absolute Gasteiger partial charge is 0.478 e. The maximum atomic E-state index is 11.1. The fourth-order valence-electron chi connectivity index (χ4n) is 1.34. The maximum Gasteiger partial charge on any atom is 0.336 e. The van der Waals surface area contributed by atoms with Crippen molar-refractivity contribution in [3.8, 4) is 0 Å². The fraction of sp³-hybridized carbons (Fsp3) is 0.0833. The van der Waals surface area contributed by atoms with Gasteiger partial charge in [0.1, 0.15) is 16.4 Å². The van der Waals surface area contributed by atoms with Crippen LogP contribution >= 0.6 is 39.5 Å². The Bertz CT molecular complexity index is 622. The van der Waals surface area contributed by atoms with E-state index in [2.05, 4.69) is 25.9 Å². The number of carbonyl (C=O) groups is 1. The number of rotatable bonds is 4. The van der Waals surface area contributed by atoms with Gasteiger partial charge in [0, 0.05) is 15.4 Å². The molecule has 0 saturated carbocycles. The summed E-state index contributed by atoms with van der Waals surface area (Å²) < 4.78 is 0.567. The molecule has 0 unspecified atom stereocenters. The number of carboxylic acids is 1. The van der Waals surface area contributed by atoms with Gasteiger partial charge in [-0.3, -0.25) is 0 Å². The molecule has 0 aliphatic carbocycles. The molecule has 0 spiro atoms. The molecule has 0 aliphatic heterocycles. The number of carboxylic acid groups (broad SMARTS) is 1. The highest BCUT2D eigenvalue weighted by atomic mass is 79.9. The SMILES string of the molecule is CSc1cc(Sc2ccc(Br)c(C(=O)O)c2)ncn1. The number of halogens is 1. The molecule has 0 bridgehead atoms. The zero-order valence-corrected chi connectivity index (χ0v) is 13.1. The molecule has 0 fully saturated rings. The molecule has 98 valence electrons. The predicted octanol–water partition coefficient (Wildman–Crippen LogP) is 3.81. The Morgan fingerprint density at radius 3 is 2.68 bits per heavy atom. The molecular formula is C12H9BrN2O2S2. The van der Waals surface area contributed by atoms with Crippen LogP contribution in [0.3, 0.4) is 0 Å². The summed E-state index contributed by atoms with van der Waals surface area (Å²) in [6.07, 6.45) is 3.45. The molecule has 1 heterocycles. The number of aromatic carboxylic acids is 1. The van der Waals surface area contributed by atoms with Gasteiger partial charge in [-0.05, 0) is 40.4 Å². The lowest BCUT2D eigenvalue weighted by Gasteiger charge is -2.04. The third-order valence-corrected chi connectivity index (χ3v) is 4.47. The Kier molecular flexibility index (Phi) is 4.84. The van der Waals surface area contributed by atoms with Crippen molar-refractivity contribution in [1.82, 2.24) is 9.97 Å². The highest BCUT2D eigenvalue weighted by molar-refractivity contribution is 9.10. The van der Waals surface area contributed by atoms with Gasteiger partial charge in [-0.15, -0.1) is 11.8 Å². The molecule has 1 aromatic carbocycles. The number of hydrogen-bond donors (Lipinski definition) is 1. The predicted molar refractivity (Wildman–Crippen MR) is 79.0 cm³/mol. The molecule has 0 atom stereocenters. The van der Waals surface area contributed by atoms with Gasteiger partial charge in [-0.2, -0.15) is 0 Å². The van der Waals surface area contributed by atoms with Gasteiger partial charge in [0.25, 0.3) is 0 Å². The third kappa shape index (κ3) is 3.71. The van der Waals surface area contributed by atoms with Crippen LogP contribution in [0.15, 0.2) is 50.0 Å². The molecule has 0 aliphatic rings. The molecule has 0 saturated heterocycles. The number of aromatic nitrogens is 2. The minimum Gasteiger partial charge on any atom is -0.478 e. The zero-order chi connectivity index (χ0) is 13.8. The van der Waals surface area contributed by atoms with Crippen molar-refractivity contribution < 1.29 is 9.90 Å². The first-order chi connectivity index (χ1) is 9.10. The van der Waals surface area contributed by atoms with E-state index in [1.807, 2.05) is 18.4 Å². The van der Waals surface area contributed by atoms with Crippen molar-refractivity contribution >= 4 is 45.4 Å². The molecule has 0 amide bonds. The molecule has 2 rings (SSSR count). The van der Waals surface area contributed by atoms with E-state index in [0.717, 1.165) is 14.9 Å². The zero-order valence-electron chi connectivity index (χ0n) is 9.83. The number of benzene rings is 1. The molecule has 19 heavy (non-hydrogen) atoms. The van der Waals surface area contributed by atoms with E-state index >= 15 is 0 Å². The first kappa shape index (κ1) is 14.4. The summed E-state index contributed by atoms with van der Waals surface area (Å²) in [7, 11) is 0. The summed E-state index contributed by atoms with van der Waals surface area (Å²) in [5.74, 6) is -0.957. The standard InChI is InChI=1S/C12H9BrN2O2S2/c1-18-10-5-11(15-6-14-10)19-7-2-3-9(13)8(4-7)12(16)17/h2-6H,1H3,(H,16,17). The first-order valence-electron chi connectivity index (χ1n) is 5.17. The monoisotopic (exact) mass is 356 g/mol. The summed E-state index contributed by atoms with van der Waals surface area (Å²) in [5.41, 5.74) is 0.240. The van der Waals surface area contributed by atoms with Gasteiger partial charge in [0.15, 0.2) is 0 Å². The fourth-order valence-corrected chi connectivity index (χ4v) is 3.04. The van der Waals surface area contributed by atoms with Crippen molar-refractivity contribution in [1.29, 1.82) is 0 Å². The van der Waals surface area contributed by atoms with Crippen molar-refractivity contribution in [2.45, 2.75) is 14.9 Å². The highest BCUT2D eigenvalue weighted by Crippen LogP contribution is 2.30. The van der Waals surface area contributed by atoms with Gasteiger partial charge >= 0.3 is 5.97 Å². The first-order valence-corrected chi connectivity index (χ1v) is 8.00. The maximum absolute atomic E-state index is 11.1. The highest BCUT2D eigenvalue weighted by Gasteiger charge is 2.10. The lowest BCUT2D eigenvalue weighted by molar-refractivity contribution is 0.0695. The minimum absolute atomic E-state index is 0.240. The van der Waals surface area contributed by atoms with Crippen LogP contribution in [-0.2, 0) is 0 Å². The smallest absolute Gasteiger partial charge is 0.336 e. The Hall–Kier alpha value is -1.05. The van der Waals surface area contributed by atoms with Crippen LogP contribution < -0.4 is 0 Å². The van der Waals surface area contributed by atoms with Gasteiger partial charge in [0.05, 0.1) is 5.56 Å². The van der Waals surface area contributed by atoms with E-state index in [9.17, 15) is 4.79 Å². The van der Waals surface area contributed by atoms with Crippen LogP contribution in [0.5, 0.6) is 0 Å². The third-order valence-electron chi connectivity index (χ3n) is 2.22. The summed E-state index contributed by atoms with van der Waals surface area (Å²) in [6.45, 7) is 0. The molecular weight excluding hydrogens is 348 g/mol. The second-order valence-electron chi connectivity index (χ2n) is 3.45. The van der Waals surface area contributed by atoms with Crippen LogP contribution in [0, 0.1) is 0 Å². The van der Waals surface area contributed by atoms with E-state index in [-0.39, 0.29) is 5.56 Å². The second-order valence-corrected chi connectivity index (χ2v) is 6.22. The Morgan fingerprint density at radius 2 is 2.00 bits per heavy atom. The van der Waals surface area contributed by atoms with E-state index < -0.39 is 5.97 Å². The second kappa shape index (κ2) is 6.40. The minimum atomic E-state index is -0.957. The van der Waals surface area contributed by atoms with Crippen molar-refractivity contribution in [3.05, 3.63) is 40.6 Å².